The Labute approximate surface area is 200 Å². The summed E-state index contributed by atoms with van der Waals surface area (Å²) in [5.74, 6) is 2.64. The number of thiol groups is 1. The maximum absolute atomic E-state index is 4.91. The van der Waals surface area contributed by atoms with Crippen molar-refractivity contribution in [2.24, 2.45) is 44.8 Å². The second kappa shape index (κ2) is 7.81. The Bertz CT molecular complexity index is 722. The Morgan fingerprint density at radius 3 is 2.26 bits per heavy atom. The summed E-state index contributed by atoms with van der Waals surface area (Å²) in [7, 11) is 0. The molecule has 178 valence electrons. The second-order valence-corrected chi connectivity index (χ2v) is 14.8. The molecule has 4 aliphatic rings. The molecule has 0 nitrogen and oxygen atoms in total. The zero-order valence-corrected chi connectivity index (χ0v) is 23.0. The molecular weight excluding hydrogens is 392 g/mol. The van der Waals surface area contributed by atoms with Crippen LogP contribution in [0.1, 0.15) is 126 Å². The highest BCUT2D eigenvalue weighted by Gasteiger charge is 2.73. The van der Waals surface area contributed by atoms with Crippen molar-refractivity contribution in [2.45, 2.75) is 131 Å². The fourth-order valence-electron chi connectivity index (χ4n) is 9.98. The standard InChI is InChI=1S/C30H52S/c1-21(2)10-9-11-22(3)25-14-17-28(6)27(25,5)18-19-29(7)26(4)15-13-24(31)20-23(26)12-16-30(28,29)8/h12,21-22,24-25,31H,9-11,13-20H2,1-8H3/t22-,24-,25-,26-,27+,28-,29-,30-/m0/s1. The third-order valence-electron chi connectivity index (χ3n) is 12.9. The Hall–Kier alpha value is 0.0900. The molecule has 0 aromatic rings. The lowest BCUT2D eigenvalue weighted by atomic mass is 9.31. The number of hydrogen-bond acceptors (Lipinski definition) is 1. The third-order valence-corrected chi connectivity index (χ3v) is 13.3. The van der Waals surface area contributed by atoms with Crippen LogP contribution in [0.15, 0.2) is 11.6 Å². The number of rotatable bonds is 5. The Kier molecular flexibility index (Phi) is 6.10. The average molecular weight is 445 g/mol. The van der Waals surface area contributed by atoms with E-state index in [2.05, 4.69) is 61.5 Å². The SMILES string of the molecule is CC(C)CCC[C@H](C)[C@@H]1CC[C@]2(C)[C@]3(C)CC=C4C[C@@H](S)CC[C@]4(C)[C@]3(C)CC[C@]12C. The minimum atomic E-state index is 0.380. The van der Waals surface area contributed by atoms with Gasteiger partial charge in [0.25, 0.3) is 0 Å². The molecule has 4 aliphatic carbocycles. The van der Waals surface area contributed by atoms with Crippen molar-refractivity contribution in [3.63, 3.8) is 0 Å². The number of allylic oxidation sites excluding steroid dienone is 2. The zero-order valence-electron chi connectivity index (χ0n) is 22.1. The molecule has 31 heavy (non-hydrogen) atoms. The minimum Gasteiger partial charge on any atom is -0.176 e. The van der Waals surface area contributed by atoms with E-state index in [1.54, 1.807) is 5.57 Å². The summed E-state index contributed by atoms with van der Waals surface area (Å²) in [6, 6.07) is 0. The van der Waals surface area contributed by atoms with E-state index in [1.807, 2.05) is 0 Å². The number of fused-ring (bicyclic) bond motifs is 5. The summed E-state index contributed by atoms with van der Waals surface area (Å²) in [4.78, 5) is 0. The van der Waals surface area contributed by atoms with Crippen LogP contribution in [0.2, 0.25) is 0 Å². The summed E-state index contributed by atoms with van der Waals surface area (Å²) in [6.45, 7) is 21.0. The molecule has 8 atom stereocenters. The van der Waals surface area contributed by atoms with Gasteiger partial charge in [-0.05, 0) is 96.2 Å². The molecule has 4 rings (SSSR count). The third kappa shape index (κ3) is 3.13. The van der Waals surface area contributed by atoms with E-state index in [9.17, 15) is 0 Å². The van der Waals surface area contributed by atoms with Gasteiger partial charge in [-0.2, -0.15) is 12.6 Å². The van der Waals surface area contributed by atoms with Gasteiger partial charge < -0.3 is 0 Å². The largest absolute Gasteiger partial charge is 0.176 e. The Morgan fingerprint density at radius 1 is 0.871 bits per heavy atom. The van der Waals surface area contributed by atoms with Crippen molar-refractivity contribution in [3.8, 4) is 0 Å². The van der Waals surface area contributed by atoms with Crippen molar-refractivity contribution >= 4 is 12.6 Å². The average Bonchev–Trinajstić information content (AvgIpc) is 2.98. The van der Waals surface area contributed by atoms with Crippen LogP contribution in [-0.4, -0.2) is 5.25 Å². The Balaban J connectivity index is 1.66. The smallest absolute Gasteiger partial charge is 0.00545 e. The molecule has 0 spiro atoms. The van der Waals surface area contributed by atoms with Crippen LogP contribution in [0.5, 0.6) is 0 Å². The van der Waals surface area contributed by atoms with Crippen LogP contribution in [0.3, 0.4) is 0 Å². The normalized spacial score (nSPS) is 50.5. The monoisotopic (exact) mass is 444 g/mol. The van der Waals surface area contributed by atoms with E-state index in [0.29, 0.717) is 32.3 Å². The first-order valence-electron chi connectivity index (χ1n) is 13.7. The van der Waals surface area contributed by atoms with Crippen molar-refractivity contribution in [2.75, 3.05) is 0 Å². The van der Waals surface area contributed by atoms with E-state index >= 15 is 0 Å². The maximum atomic E-state index is 4.91. The molecular formula is C30H52S. The summed E-state index contributed by atoms with van der Waals surface area (Å²) < 4.78 is 0. The molecule has 0 aromatic carbocycles. The molecule has 0 N–H and O–H groups in total. The van der Waals surface area contributed by atoms with Crippen LogP contribution in [0.25, 0.3) is 0 Å². The molecule has 0 bridgehead atoms. The molecule has 0 amide bonds. The van der Waals surface area contributed by atoms with Crippen molar-refractivity contribution in [1.29, 1.82) is 0 Å². The minimum absolute atomic E-state index is 0.380. The summed E-state index contributed by atoms with van der Waals surface area (Å²) >= 11 is 4.91. The highest BCUT2D eigenvalue weighted by Crippen LogP contribution is 2.81. The summed E-state index contributed by atoms with van der Waals surface area (Å²) in [5.41, 5.74) is 3.92. The summed E-state index contributed by atoms with van der Waals surface area (Å²) in [5, 5.41) is 0.583. The van der Waals surface area contributed by atoms with E-state index in [0.717, 1.165) is 17.8 Å². The van der Waals surface area contributed by atoms with Gasteiger partial charge in [0.2, 0.25) is 0 Å². The van der Waals surface area contributed by atoms with Crippen LogP contribution in [-0.2, 0) is 0 Å². The quantitative estimate of drug-likeness (QED) is 0.317. The van der Waals surface area contributed by atoms with Crippen LogP contribution < -0.4 is 0 Å². The molecule has 0 aliphatic heterocycles. The zero-order chi connectivity index (χ0) is 22.9. The predicted octanol–water partition coefficient (Wildman–Crippen LogP) is 9.50. The van der Waals surface area contributed by atoms with E-state index < -0.39 is 0 Å². The van der Waals surface area contributed by atoms with Crippen molar-refractivity contribution in [3.05, 3.63) is 11.6 Å². The first-order chi connectivity index (χ1) is 14.3. The fraction of sp³-hybridized carbons (Fsp3) is 0.933. The molecule has 0 aromatic heterocycles. The molecule has 0 heterocycles. The van der Waals surface area contributed by atoms with Gasteiger partial charge in [0.05, 0.1) is 0 Å². The number of hydrogen-bond donors (Lipinski definition) is 1. The van der Waals surface area contributed by atoms with E-state index in [-0.39, 0.29) is 0 Å². The van der Waals surface area contributed by atoms with Gasteiger partial charge in [-0.15, -0.1) is 0 Å². The molecule has 0 radical (unpaired) electrons. The van der Waals surface area contributed by atoms with Gasteiger partial charge in [0.1, 0.15) is 0 Å². The lowest BCUT2D eigenvalue weighted by Gasteiger charge is -2.73. The molecule has 0 saturated heterocycles. The van der Waals surface area contributed by atoms with Crippen LogP contribution in [0, 0.1) is 44.8 Å². The maximum Gasteiger partial charge on any atom is 0.00545 e. The first kappa shape index (κ1) is 24.2. The lowest BCUT2D eigenvalue weighted by molar-refractivity contribution is -0.220. The van der Waals surface area contributed by atoms with Gasteiger partial charge in [0, 0.05) is 5.25 Å². The molecule has 3 saturated carbocycles. The van der Waals surface area contributed by atoms with Gasteiger partial charge in [-0.25, -0.2) is 0 Å². The van der Waals surface area contributed by atoms with Gasteiger partial charge in [-0.3, -0.25) is 0 Å². The topological polar surface area (TPSA) is 0 Å². The van der Waals surface area contributed by atoms with E-state index in [1.165, 1.54) is 70.6 Å². The first-order valence-corrected chi connectivity index (χ1v) is 14.2. The van der Waals surface area contributed by atoms with Crippen molar-refractivity contribution < 1.29 is 0 Å². The van der Waals surface area contributed by atoms with Gasteiger partial charge in [-0.1, -0.05) is 86.3 Å². The highest BCUT2D eigenvalue weighted by atomic mass is 32.1. The Morgan fingerprint density at radius 2 is 1.58 bits per heavy atom. The lowest BCUT2D eigenvalue weighted by Crippen LogP contribution is -2.66. The predicted molar refractivity (Wildman–Crippen MR) is 140 cm³/mol. The van der Waals surface area contributed by atoms with Gasteiger partial charge in [0.15, 0.2) is 0 Å². The highest BCUT2D eigenvalue weighted by molar-refractivity contribution is 7.80. The van der Waals surface area contributed by atoms with Gasteiger partial charge >= 0.3 is 0 Å². The fourth-order valence-corrected chi connectivity index (χ4v) is 10.3. The van der Waals surface area contributed by atoms with E-state index in [4.69, 9.17) is 12.6 Å². The second-order valence-electron chi connectivity index (χ2n) is 14.0. The summed E-state index contributed by atoms with van der Waals surface area (Å²) in [6.07, 6.45) is 17.9. The van der Waals surface area contributed by atoms with Crippen molar-refractivity contribution in [1.82, 2.24) is 0 Å². The molecule has 1 heteroatoms. The molecule has 3 fully saturated rings. The molecule has 0 unspecified atom stereocenters. The van der Waals surface area contributed by atoms with Crippen LogP contribution in [0.4, 0.5) is 0 Å². The van der Waals surface area contributed by atoms with Crippen LogP contribution >= 0.6 is 12.6 Å².